The van der Waals surface area contributed by atoms with Gasteiger partial charge in [-0.3, -0.25) is 0 Å². The van der Waals surface area contributed by atoms with E-state index in [4.69, 9.17) is 4.42 Å². The molecular formula is C23H36IN5O. The lowest BCUT2D eigenvalue weighted by Crippen LogP contribution is -2.37. The number of halogens is 1. The fourth-order valence-corrected chi connectivity index (χ4v) is 3.62. The van der Waals surface area contributed by atoms with E-state index in [1.807, 2.05) is 30.3 Å². The Kier molecular flexibility index (Phi) is 11.8. The Hall–Kier alpha value is -1.61. The van der Waals surface area contributed by atoms with E-state index in [-0.39, 0.29) is 24.0 Å². The van der Waals surface area contributed by atoms with E-state index in [1.54, 1.807) is 6.26 Å². The summed E-state index contributed by atoms with van der Waals surface area (Å²) in [5.74, 6) is 1.48. The van der Waals surface area contributed by atoms with Crippen molar-refractivity contribution in [3.63, 3.8) is 0 Å². The fourth-order valence-electron chi connectivity index (χ4n) is 3.62. The maximum Gasteiger partial charge on any atom is 0.226 e. The summed E-state index contributed by atoms with van der Waals surface area (Å²) in [5.41, 5.74) is 1.82. The normalized spacial score (nSPS) is 14.9. The van der Waals surface area contributed by atoms with E-state index in [2.05, 4.69) is 32.4 Å². The number of guanidine groups is 1. The van der Waals surface area contributed by atoms with Gasteiger partial charge in [-0.05, 0) is 64.4 Å². The molecular weight excluding hydrogens is 489 g/mol. The molecule has 0 spiro atoms. The van der Waals surface area contributed by atoms with Gasteiger partial charge in [0, 0.05) is 18.7 Å². The Bertz CT molecular complexity index is 728. The van der Waals surface area contributed by atoms with Gasteiger partial charge in [-0.1, -0.05) is 31.0 Å². The van der Waals surface area contributed by atoms with Crippen molar-refractivity contribution in [3.8, 4) is 11.5 Å². The minimum atomic E-state index is 0. The number of piperidine rings is 1. The lowest BCUT2D eigenvalue weighted by atomic mass is 10.1. The Morgan fingerprint density at radius 3 is 2.63 bits per heavy atom. The second-order valence-corrected chi connectivity index (χ2v) is 7.59. The molecule has 7 heteroatoms. The number of hydrogen-bond donors (Lipinski definition) is 2. The van der Waals surface area contributed by atoms with Crippen LogP contribution in [0.5, 0.6) is 0 Å². The van der Waals surface area contributed by atoms with Crippen molar-refractivity contribution < 1.29 is 4.42 Å². The third-order valence-corrected chi connectivity index (χ3v) is 5.21. The van der Waals surface area contributed by atoms with Crippen LogP contribution in [0.25, 0.3) is 11.5 Å². The fraction of sp³-hybridized carbons (Fsp3) is 0.565. The van der Waals surface area contributed by atoms with Crippen LogP contribution in [-0.2, 0) is 6.54 Å². The first-order chi connectivity index (χ1) is 14.3. The van der Waals surface area contributed by atoms with E-state index in [0.29, 0.717) is 12.4 Å². The van der Waals surface area contributed by atoms with Crippen molar-refractivity contribution in [2.75, 3.05) is 32.7 Å². The molecule has 1 aliphatic rings. The molecule has 1 aromatic heterocycles. The Labute approximate surface area is 198 Å². The summed E-state index contributed by atoms with van der Waals surface area (Å²) >= 11 is 0. The molecule has 1 fully saturated rings. The smallest absolute Gasteiger partial charge is 0.226 e. The average Bonchev–Trinajstić information content (AvgIpc) is 3.25. The highest BCUT2D eigenvalue weighted by atomic mass is 127. The molecule has 2 heterocycles. The maximum atomic E-state index is 5.59. The molecule has 6 nitrogen and oxygen atoms in total. The number of aliphatic imine (C=N–C) groups is 1. The highest BCUT2D eigenvalue weighted by Crippen LogP contribution is 2.18. The molecule has 166 valence electrons. The number of unbranched alkanes of at least 4 members (excludes halogenated alkanes) is 2. The summed E-state index contributed by atoms with van der Waals surface area (Å²) < 4.78 is 5.59. The molecule has 0 atom stereocenters. The minimum Gasteiger partial charge on any atom is -0.444 e. The van der Waals surface area contributed by atoms with Crippen LogP contribution in [0.4, 0.5) is 0 Å². The van der Waals surface area contributed by atoms with Gasteiger partial charge in [0.2, 0.25) is 5.89 Å². The monoisotopic (exact) mass is 525 g/mol. The third kappa shape index (κ3) is 8.63. The van der Waals surface area contributed by atoms with Crippen LogP contribution in [0, 0.1) is 0 Å². The van der Waals surface area contributed by atoms with Gasteiger partial charge in [0.25, 0.3) is 0 Å². The molecule has 0 radical (unpaired) electrons. The van der Waals surface area contributed by atoms with Crippen LogP contribution in [0.2, 0.25) is 0 Å². The number of hydrogen-bond acceptors (Lipinski definition) is 4. The SMILES string of the molecule is CCNC(=NCc1coc(-c2ccccc2)n1)NCCCCCN1CCCCC1.I. The Morgan fingerprint density at radius 2 is 1.87 bits per heavy atom. The summed E-state index contributed by atoms with van der Waals surface area (Å²) in [7, 11) is 0. The summed E-state index contributed by atoms with van der Waals surface area (Å²) in [6.45, 7) is 8.21. The number of benzene rings is 1. The maximum absolute atomic E-state index is 5.59. The number of aromatic nitrogens is 1. The van der Waals surface area contributed by atoms with Crippen molar-refractivity contribution in [1.29, 1.82) is 0 Å². The van der Waals surface area contributed by atoms with Crippen LogP contribution in [0.15, 0.2) is 46.0 Å². The standard InChI is InChI=1S/C23H35N5O.HI/c1-2-24-23(25-14-8-4-9-15-28-16-10-5-11-17-28)26-18-21-19-29-22(27-21)20-12-6-3-7-13-20;/h3,6-7,12-13,19H,2,4-5,8-11,14-18H2,1H3,(H2,24,25,26);1H. The predicted molar refractivity (Wildman–Crippen MR) is 134 cm³/mol. The van der Waals surface area contributed by atoms with Crippen molar-refractivity contribution in [1.82, 2.24) is 20.5 Å². The third-order valence-electron chi connectivity index (χ3n) is 5.21. The summed E-state index contributed by atoms with van der Waals surface area (Å²) in [4.78, 5) is 11.8. The van der Waals surface area contributed by atoms with E-state index < -0.39 is 0 Å². The second-order valence-electron chi connectivity index (χ2n) is 7.59. The molecule has 1 aromatic carbocycles. The predicted octanol–water partition coefficient (Wildman–Crippen LogP) is 4.67. The lowest BCUT2D eigenvalue weighted by molar-refractivity contribution is 0.224. The van der Waals surface area contributed by atoms with Crippen LogP contribution in [0.1, 0.15) is 51.1 Å². The first-order valence-electron chi connectivity index (χ1n) is 11.1. The molecule has 2 aromatic rings. The second kappa shape index (κ2) is 14.4. The number of rotatable bonds is 10. The van der Waals surface area contributed by atoms with Gasteiger partial charge in [-0.2, -0.15) is 0 Å². The molecule has 0 amide bonds. The molecule has 0 bridgehead atoms. The Balaban J connectivity index is 0.00000320. The number of nitrogens with one attached hydrogen (secondary N) is 2. The molecule has 0 saturated carbocycles. The van der Waals surface area contributed by atoms with Crippen molar-refractivity contribution in [3.05, 3.63) is 42.3 Å². The summed E-state index contributed by atoms with van der Waals surface area (Å²) in [6.07, 6.45) is 9.57. The van der Waals surface area contributed by atoms with Crippen LogP contribution in [0.3, 0.4) is 0 Å². The molecule has 3 rings (SSSR count). The first-order valence-corrected chi connectivity index (χ1v) is 11.1. The van der Waals surface area contributed by atoms with E-state index in [9.17, 15) is 0 Å². The highest BCUT2D eigenvalue weighted by molar-refractivity contribution is 14.0. The molecule has 1 saturated heterocycles. The van der Waals surface area contributed by atoms with Crippen LogP contribution < -0.4 is 10.6 Å². The number of likely N-dealkylation sites (tertiary alicyclic amines) is 1. The topological polar surface area (TPSA) is 65.7 Å². The first kappa shape index (κ1) is 24.7. The van der Waals surface area contributed by atoms with E-state index in [1.165, 1.54) is 58.2 Å². The lowest BCUT2D eigenvalue weighted by Gasteiger charge is -2.26. The zero-order chi connectivity index (χ0) is 20.2. The minimum absolute atomic E-state index is 0. The van der Waals surface area contributed by atoms with Gasteiger partial charge in [-0.25, -0.2) is 9.98 Å². The van der Waals surface area contributed by atoms with Gasteiger partial charge in [0.15, 0.2) is 5.96 Å². The largest absolute Gasteiger partial charge is 0.444 e. The molecule has 2 N–H and O–H groups in total. The molecule has 0 unspecified atom stereocenters. The van der Waals surface area contributed by atoms with Gasteiger partial charge in [0.05, 0.1) is 6.54 Å². The van der Waals surface area contributed by atoms with Crippen LogP contribution >= 0.6 is 24.0 Å². The van der Waals surface area contributed by atoms with Gasteiger partial charge < -0.3 is 20.0 Å². The van der Waals surface area contributed by atoms with Gasteiger partial charge in [-0.15, -0.1) is 24.0 Å². The van der Waals surface area contributed by atoms with E-state index >= 15 is 0 Å². The average molecular weight is 525 g/mol. The molecule has 30 heavy (non-hydrogen) atoms. The van der Waals surface area contributed by atoms with Gasteiger partial charge >= 0.3 is 0 Å². The zero-order valence-electron chi connectivity index (χ0n) is 18.1. The van der Waals surface area contributed by atoms with Crippen molar-refractivity contribution in [2.45, 2.75) is 52.0 Å². The number of nitrogens with zero attached hydrogens (tertiary/aromatic N) is 3. The summed E-state index contributed by atoms with van der Waals surface area (Å²) in [6, 6.07) is 9.94. The van der Waals surface area contributed by atoms with E-state index in [0.717, 1.165) is 30.3 Å². The van der Waals surface area contributed by atoms with Gasteiger partial charge in [0.1, 0.15) is 12.0 Å². The van der Waals surface area contributed by atoms with Crippen molar-refractivity contribution >= 4 is 29.9 Å². The Morgan fingerprint density at radius 1 is 1.07 bits per heavy atom. The van der Waals surface area contributed by atoms with Crippen molar-refractivity contribution in [2.24, 2.45) is 4.99 Å². The molecule has 0 aliphatic carbocycles. The molecule has 1 aliphatic heterocycles. The number of oxazole rings is 1. The quantitative estimate of drug-likeness (QED) is 0.204. The zero-order valence-corrected chi connectivity index (χ0v) is 20.4. The highest BCUT2D eigenvalue weighted by Gasteiger charge is 2.09. The van der Waals surface area contributed by atoms with Crippen LogP contribution in [-0.4, -0.2) is 48.6 Å². The summed E-state index contributed by atoms with van der Waals surface area (Å²) in [5, 5.41) is 6.74.